The van der Waals surface area contributed by atoms with Gasteiger partial charge in [0.25, 0.3) is 0 Å². The highest BCUT2D eigenvalue weighted by atomic mass is 16.4. The summed E-state index contributed by atoms with van der Waals surface area (Å²) in [7, 11) is 0. The van der Waals surface area contributed by atoms with E-state index in [4.69, 9.17) is 5.11 Å². The van der Waals surface area contributed by atoms with Crippen molar-refractivity contribution >= 4 is 17.6 Å². The van der Waals surface area contributed by atoms with Crippen LogP contribution < -0.4 is 4.90 Å². The van der Waals surface area contributed by atoms with Crippen LogP contribution in [-0.2, 0) is 16.0 Å². The normalized spacial score (nSPS) is 18.1. The Kier molecular flexibility index (Phi) is 3.60. The van der Waals surface area contributed by atoms with E-state index in [1.165, 1.54) is 6.92 Å². The second kappa shape index (κ2) is 5.03. The number of rotatable bonds is 2. The predicted molar refractivity (Wildman–Crippen MR) is 73.4 cm³/mol. The summed E-state index contributed by atoms with van der Waals surface area (Å²) < 4.78 is 0. The zero-order valence-electron chi connectivity index (χ0n) is 11.6. The average molecular weight is 261 g/mol. The Bertz CT molecular complexity index is 536. The van der Waals surface area contributed by atoms with Crippen LogP contribution in [0.1, 0.15) is 30.0 Å². The van der Waals surface area contributed by atoms with Crippen LogP contribution in [-0.4, -0.2) is 23.5 Å². The summed E-state index contributed by atoms with van der Waals surface area (Å²) >= 11 is 0. The van der Waals surface area contributed by atoms with Crippen LogP contribution in [0.3, 0.4) is 0 Å². The van der Waals surface area contributed by atoms with E-state index in [1.807, 2.05) is 26.0 Å². The van der Waals surface area contributed by atoms with Gasteiger partial charge in [-0.3, -0.25) is 9.59 Å². The molecule has 1 aliphatic rings. The number of carbonyl (C=O) groups excluding carboxylic acids is 1. The maximum absolute atomic E-state index is 11.8. The zero-order chi connectivity index (χ0) is 14.2. The minimum atomic E-state index is -0.803. The molecule has 0 bridgehead atoms. The third-order valence-electron chi connectivity index (χ3n) is 3.77. The topological polar surface area (TPSA) is 57.6 Å². The van der Waals surface area contributed by atoms with Crippen molar-refractivity contribution in [2.24, 2.45) is 5.92 Å². The summed E-state index contributed by atoms with van der Waals surface area (Å²) in [6, 6.07) is 4.05. The van der Waals surface area contributed by atoms with Crippen molar-refractivity contribution in [3.63, 3.8) is 0 Å². The van der Waals surface area contributed by atoms with Gasteiger partial charge in [0, 0.05) is 19.2 Å². The van der Waals surface area contributed by atoms with E-state index in [2.05, 4.69) is 0 Å². The lowest BCUT2D eigenvalue weighted by atomic mass is 9.86. The fourth-order valence-electron chi connectivity index (χ4n) is 2.86. The molecule has 1 aromatic rings. The molecule has 0 saturated heterocycles. The highest BCUT2D eigenvalue weighted by Gasteiger charge is 2.30. The Hall–Kier alpha value is -1.84. The van der Waals surface area contributed by atoms with Crippen LogP contribution >= 0.6 is 0 Å². The van der Waals surface area contributed by atoms with Crippen LogP contribution in [0.5, 0.6) is 0 Å². The molecule has 0 radical (unpaired) electrons. The molecule has 4 nitrogen and oxygen atoms in total. The molecule has 0 fully saturated rings. The van der Waals surface area contributed by atoms with Crippen molar-refractivity contribution < 1.29 is 14.7 Å². The van der Waals surface area contributed by atoms with Gasteiger partial charge in [0.05, 0.1) is 6.42 Å². The highest BCUT2D eigenvalue weighted by molar-refractivity contribution is 5.94. The number of benzene rings is 1. The van der Waals surface area contributed by atoms with Gasteiger partial charge in [-0.1, -0.05) is 12.1 Å². The lowest BCUT2D eigenvalue weighted by Gasteiger charge is -2.35. The molecule has 102 valence electrons. The summed E-state index contributed by atoms with van der Waals surface area (Å²) in [6.07, 6.45) is 0.843. The van der Waals surface area contributed by atoms with Gasteiger partial charge in [0.2, 0.25) is 5.91 Å². The number of nitrogens with zero attached hydrogens (tertiary/aromatic N) is 1. The van der Waals surface area contributed by atoms with Crippen LogP contribution in [0.4, 0.5) is 5.69 Å². The minimum Gasteiger partial charge on any atom is -0.481 e. The molecule has 4 heteroatoms. The average Bonchev–Trinajstić information content (AvgIpc) is 2.32. The molecule has 0 spiro atoms. The van der Waals surface area contributed by atoms with E-state index in [0.29, 0.717) is 6.54 Å². The zero-order valence-corrected chi connectivity index (χ0v) is 11.6. The Labute approximate surface area is 113 Å². The molecule has 1 N–H and O–H groups in total. The van der Waals surface area contributed by atoms with Crippen molar-refractivity contribution in [2.75, 3.05) is 11.4 Å². The van der Waals surface area contributed by atoms with E-state index in [9.17, 15) is 9.59 Å². The molecule has 1 atom stereocenters. The molecular weight excluding hydrogens is 242 g/mol. The number of fused-ring (bicyclic) bond motifs is 1. The van der Waals surface area contributed by atoms with Crippen molar-refractivity contribution in [3.8, 4) is 0 Å². The number of carboxylic acid groups (broad SMARTS) is 1. The van der Waals surface area contributed by atoms with Gasteiger partial charge < -0.3 is 10.0 Å². The second-order valence-electron chi connectivity index (χ2n) is 5.32. The maximum Gasteiger partial charge on any atom is 0.303 e. The summed E-state index contributed by atoms with van der Waals surface area (Å²) in [5.41, 5.74) is 4.30. The van der Waals surface area contributed by atoms with Gasteiger partial charge in [-0.2, -0.15) is 0 Å². The lowest BCUT2D eigenvalue weighted by Crippen LogP contribution is -2.40. The van der Waals surface area contributed by atoms with Crippen molar-refractivity contribution in [3.05, 3.63) is 28.8 Å². The fraction of sp³-hybridized carbons (Fsp3) is 0.467. The first-order valence-corrected chi connectivity index (χ1v) is 6.49. The molecule has 1 amide bonds. The van der Waals surface area contributed by atoms with E-state index < -0.39 is 5.97 Å². The number of hydrogen-bond donors (Lipinski definition) is 1. The smallest absolute Gasteiger partial charge is 0.303 e. The van der Waals surface area contributed by atoms with Gasteiger partial charge in [-0.05, 0) is 42.9 Å². The first-order valence-electron chi connectivity index (χ1n) is 6.49. The number of aryl methyl sites for hydroxylation is 2. The number of hydrogen-bond acceptors (Lipinski definition) is 2. The van der Waals surface area contributed by atoms with Crippen LogP contribution in [0.25, 0.3) is 0 Å². The molecule has 2 rings (SSSR count). The lowest BCUT2D eigenvalue weighted by molar-refractivity contribution is -0.138. The van der Waals surface area contributed by atoms with Gasteiger partial charge in [0.15, 0.2) is 0 Å². The van der Waals surface area contributed by atoms with Gasteiger partial charge in [-0.25, -0.2) is 0 Å². The summed E-state index contributed by atoms with van der Waals surface area (Å²) in [6.45, 7) is 6.04. The van der Waals surface area contributed by atoms with E-state index in [0.717, 1.165) is 28.8 Å². The van der Waals surface area contributed by atoms with E-state index >= 15 is 0 Å². The van der Waals surface area contributed by atoms with Gasteiger partial charge in [-0.15, -0.1) is 0 Å². The monoisotopic (exact) mass is 261 g/mol. The van der Waals surface area contributed by atoms with Crippen molar-refractivity contribution in [1.29, 1.82) is 0 Å². The number of carbonyl (C=O) groups is 2. The number of aliphatic carboxylic acids is 1. The summed E-state index contributed by atoms with van der Waals surface area (Å²) in [5, 5.41) is 8.96. The van der Waals surface area contributed by atoms with Crippen molar-refractivity contribution in [1.82, 2.24) is 0 Å². The predicted octanol–water partition coefficient (Wildman–Crippen LogP) is 2.30. The van der Waals surface area contributed by atoms with Crippen molar-refractivity contribution in [2.45, 2.75) is 33.6 Å². The van der Waals surface area contributed by atoms with Gasteiger partial charge >= 0.3 is 5.97 Å². The van der Waals surface area contributed by atoms with E-state index in [-0.39, 0.29) is 18.2 Å². The standard InChI is InChI=1S/C15H19NO3/c1-9-4-5-10(2)15-13(9)6-12(7-14(18)19)8-16(15)11(3)17/h4-5,12H,6-8H2,1-3H3,(H,18,19). The Morgan fingerprint density at radius 3 is 2.53 bits per heavy atom. The first kappa shape index (κ1) is 13.6. The SMILES string of the molecule is CC(=O)N1CC(CC(=O)O)Cc2c(C)ccc(C)c21. The molecule has 19 heavy (non-hydrogen) atoms. The molecular formula is C15H19NO3. The Morgan fingerprint density at radius 2 is 1.95 bits per heavy atom. The molecule has 1 unspecified atom stereocenters. The quantitative estimate of drug-likeness (QED) is 0.888. The Morgan fingerprint density at radius 1 is 1.32 bits per heavy atom. The number of carboxylic acids is 1. The largest absolute Gasteiger partial charge is 0.481 e. The van der Waals surface area contributed by atoms with Gasteiger partial charge in [0.1, 0.15) is 0 Å². The van der Waals surface area contributed by atoms with Crippen LogP contribution in [0.2, 0.25) is 0 Å². The van der Waals surface area contributed by atoms with E-state index in [1.54, 1.807) is 4.90 Å². The maximum atomic E-state index is 11.8. The molecule has 0 aliphatic carbocycles. The summed E-state index contributed by atoms with van der Waals surface area (Å²) in [4.78, 5) is 24.5. The second-order valence-corrected chi connectivity index (χ2v) is 5.32. The van der Waals surface area contributed by atoms with Crippen LogP contribution in [0, 0.1) is 19.8 Å². The summed E-state index contributed by atoms with van der Waals surface area (Å²) in [5.74, 6) is -0.832. The molecule has 0 saturated carbocycles. The highest BCUT2D eigenvalue weighted by Crippen LogP contribution is 2.36. The minimum absolute atomic E-state index is 0.00519. The first-order chi connectivity index (χ1) is 8.90. The fourth-order valence-corrected chi connectivity index (χ4v) is 2.86. The third kappa shape index (κ3) is 2.62. The molecule has 1 heterocycles. The molecule has 1 aliphatic heterocycles. The number of anilines is 1. The van der Waals surface area contributed by atoms with Crippen LogP contribution in [0.15, 0.2) is 12.1 Å². The molecule has 1 aromatic carbocycles. The Balaban J connectivity index is 2.46. The third-order valence-corrected chi connectivity index (χ3v) is 3.77. The number of amides is 1. The molecule has 0 aromatic heterocycles.